The van der Waals surface area contributed by atoms with Gasteiger partial charge in [0.1, 0.15) is 0 Å². The quantitative estimate of drug-likeness (QED) is 0.928. The lowest BCUT2D eigenvalue weighted by Gasteiger charge is -2.35. The van der Waals surface area contributed by atoms with Gasteiger partial charge in [0.25, 0.3) is 0 Å². The monoisotopic (exact) mass is 325 g/mol. The van der Waals surface area contributed by atoms with Crippen LogP contribution >= 0.6 is 15.9 Å². The van der Waals surface area contributed by atoms with Crippen LogP contribution in [-0.2, 0) is 11.2 Å². The summed E-state index contributed by atoms with van der Waals surface area (Å²) in [6.07, 6.45) is 3.88. The van der Waals surface area contributed by atoms with Crippen LogP contribution in [0.1, 0.15) is 31.2 Å². The van der Waals surface area contributed by atoms with Crippen molar-refractivity contribution in [2.75, 3.05) is 7.05 Å². The maximum absolute atomic E-state index is 12.3. The van der Waals surface area contributed by atoms with Crippen molar-refractivity contribution >= 4 is 21.8 Å². The van der Waals surface area contributed by atoms with E-state index < -0.39 is 0 Å². The Hall–Kier alpha value is -0.870. The Morgan fingerprint density at radius 1 is 1.42 bits per heavy atom. The van der Waals surface area contributed by atoms with Crippen LogP contribution in [0.25, 0.3) is 0 Å². The first-order valence-corrected chi connectivity index (χ1v) is 7.55. The smallest absolute Gasteiger partial charge is 0.227 e. The molecule has 1 aliphatic rings. The minimum atomic E-state index is -0.370. The van der Waals surface area contributed by atoms with Crippen LogP contribution in [0.3, 0.4) is 0 Å². The van der Waals surface area contributed by atoms with Crippen molar-refractivity contribution < 1.29 is 9.90 Å². The van der Waals surface area contributed by atoms with Gasteiger partial charge in [-0.1, -0.05) is 40.9 Å². The first-order chi connectivity index (χ1) is 9.08. The van der Waals surface area contributed by atoms with Gasteiger partial charge in [-0.25, -0.2) is 0 Å². The van der Waals surface area contributed by atoms with E-state index in [0.717, 1.165) is 35.7 Å². The van der Waals surface area contributed by atoms with E-state index in [0.29, 0.717) is 6.42 Å². The fourth-order valence-electron chi connectivity index (χ4n) is 2.67. The summed E-state index contributed by atoms with van der Waals surface area (Å²) < 4.78 is 0.984. The summed E-state index contributed by atoms with van der Waals surface area (Å²) in [4.78, 5) is 14.0. The number of nitrogens with zero attached hydrogens (tertiary/aromatic N) is 1. The van der Waals surface area contributed by atoms with E-state index in [9.17, 15) is 9.90 Å². The molecule has 1 saturated carbocycles. The number of amides is 1. The minimum Gasteiger partial charge on any atom is -0.391 e. The zero-order chi connectivity index (χ0) is 13.8. The Labute approximate surface area is 122 Å². The fourth-order valence-corrected chi connectivity index (χ4v) is 3.12. The Balaban J connectivity index is 1.99. The first-order valence-electron chi connectivity index (χ1n) is 6.76. The standard InChI is InChI=1S/C15H20BrNO2/c1-17(13-7-2-3-8-14(13)18)15(19)10-11-5-4-6-12(16)9-11/h4-6,9,13-14,18H,2-3,7-8,10H2,1H3. The Bertz CT molecular complexity index is 450. The van der Waals surface area contributed by atoms with Crippen LogP contribution in [-0.4, -0.2) is 35.1 Å². The molecule has 1 aromatic rings. The number of aliphatic hydroxyl groups is 1. The molecule has 0 aromatic heterocycles. The molecule has 2 rings (SSSR count). The number of aliphatic hydroxyl groups excluding tert-OH is 1. The number of halogens is 1. The molecule has 0 heterocycles. The lowest BCUT2D eigenvalue weighted by molar-refractivity contribution is -0.134. The number of hydrogen-bond acceptors (Lipinski definition) is 2. The number of hydrogen-bond donors (Lipinski definition) is 1. The third-order valence-corrected chi connectivity index (χ3v) is 4.32. The highest BCUT2D eigenvalue weighted by Gasteiger charge is 2.29. The highest BCUT2D eigenvalue weighted by atomic mass is 79.9. The third kappa shape index (κ3) is 3.80. The number of carbonyl (C=O) groups is 1. The Morgan fingerprint density at radius 2 is 2.16 bits per heavy atom. The van der Waals surface area contributed by atoms with Gasteiger partial charge in [-0.15, -0.1) is 0 Å². The molecular weight excluding hydrogens is 306 g/mol. The SMILES string of the molecule is CN(C(=O)Cc1cccc(Br)c1)C1CCCCC1O. The zero-order valence-corrected chi connectivity index (χ0v) is 12.8. The second-order valence-electron chi connectivity index (χ2n) is 5.23. The lowest BCUT2D eigenvalue weighted by Crippen LogP contribution is -2.46. The molecule has 19 heavy (non-hydrogen) atoms. The molecule has 3 nitrogen and oxygen atoms in total. The number of likely N-dealkylation sites (N-methyl/N-ethyl adjacent to an activating group) is 1. The molecule has 1 amide bonds. The summed E-state index contributed by atoms with van der Waals surface area (Å²) >= 11 is 3.41. The number of rotatable bonds is 3. The molecule has 2 atom stereocenters. The third-order valence-electron chi connectivity index (χ3n) is 3.83. The molecule has 0 saturated heterocycles. The summed E-state index contributed by atoms with van der Waals surface area (Å²) in [5, 5.41) is 10.00. The topological polar surface area (TPSA) is 40.5 Å². The van der Waals surface area contributed by atoms with E-state index in [1.54, 1.807) is 11.9 Å². The van der Waals surface area contributed by atoms with Crippen LogP contribution < -0.4 is 0 Å². The van der Waals surface area contributed by atoms with Gasteiger partial charge in [0.2, 0.25) is 5.91 Å². The molecule has 2 unspecified atom stereocenters. The zero-order valence-electron chi connectivity index (χ0n) is 11.2. The van der Waals surface area contributed by atoms with Crippen LogP contribution in [0.4, 0.5) is 0 Å². The van der Waals surface area contributed by atoms with Crippen LogP contribution in [0.15, 0.2) is 28.7 Å². The number of carbonyl (C=O) groups excluding carboxylic acids is 1. The first kappa shape index (κ1) is 14.5. The Morgan fingerprint density at radius 3 is 2.84 bits per heavy atom. The van der Waals surface area contributed by atoms with Crippen LogP contribution in [0.5, 0.6) is 0 Å². The van der Waals surface area contributed by atoms with Gasteiger partial charge < -0.3 is 10.0 Å². The molecule has 0 radical (unpaired) electrons. The van der Waals surface area contributed by atoms with E-state index in [1.165, 1.54) is 0 Å². The predicted octanol–water partition coefficient (Wildman–Crippen LogP) is 2.75. The summed E-state index contributed by atoms with van der Waals surface area (Å²) in [5.41, 5.74) is 0.997. The highest BCUT2D eigenvalue weighted by molar-refractivity contribution is 9.10. The molecule has 0 bridgehead atoms. The van der Waals surface area contributed by atoms with Gasteiger partial charge in [-0.3, -0.25) is 4.79 Å². The van der Waals surface area contributed by atoms with Crippen molar-refractivity contribution in [1.29, 1.82) is 0 Å². The van der Waals surface area contributed by atoms with Gasteiger partial charge in [0, 0.05) is 11.5 Å². The summed E-state index contributed by atoms with van der Waals surface area (Å²) in [7, 11) is 1.81. The Kier molecular flexibility index (Phi) is 4.99. The number of benzene rings is 1. The van der Waals surface area contributed by atoms with Crippen LogP contribution in [0, 0.1) is 0 Å². The van der Waals surface area contributed by atoms with Gasteiger partial charge in [0.15, 0.2) is 0 Å². The molecule has 1 aromatic carbocycles. The molecular formula is C15H20BrNO2. The predicted molar refractivity (Wildman–Crippen MR) is 78.9 cm³/mol. The average Bonchev–Trinajstić information content (AvgIpc) is 2.38. The van der Waals surface area contributed by atoms with E-state index in [1.807, 2.05) is 24.3 Å². The average molecular weight is 326 g/mol. The van der Waals surface area contributed by atoms with Gasteiger partial charge in [-0.05, 0) is 30.5 Å². The summed E-state index contributed by atoms with van der Waals surface area (Å²) in [6.45, 7) is 0. The van der Waals surface area contributed by atoms with E-state index in [2.05, 4.69) is 15.9 Å². The van der Waals surface area contributed by atoms with E-state index in [4.69, 9.17) is 0 Å². The maximum atomic E-state index is 12.3. The van der Waals surface area contributed by atoms with Gasteiger partial charge in [-0.2, -0.15) is 0 Å². The fraction of sp³-hybridized carbons (Fsp3) is 0.533. The van der Waals surface area contributed by atoms with Crippen molar-refractivity contribution in [3.8, 4) is 0 Å². The van der Waals surface area contributed by atoms with Crippen molar-refractivity contribution in [2.45, 2.75) is 44.2 Å². The van der Waals surface area contributed by atoms with E-state index >= 15 is 0 Å². The largest absolute Gasteiger partial charge is 0.391 e. The van der Waals surface area contributed by atoms with Crippen molar-refractivity contribution in [2.24, 2.45) is 0 Å². The second-order valence-corrected chi connectivity index (χ2v) is 6.15. The normalized spacial score (nSPS) is 23.1. The molecule has 0 aliphatic heterocycles. The summed E-state index contributed by atoms with van der Waals surface area (Å²) in [6, 6.07) is 7.77. The van der Waals surface area contributed by atoms with Gasteiger partial charge >= 0.3 is 0 Å². The van der Waals surface area contributed by atoms with Gasteiger partial charge in [0.05, 0.1) is 18.6 Å². The maximum Gasteiger partial charge on any atom is 0.227 e. The summed E-state index contributed by atoms with van der Waals surface area (Å²) in [5.74, 6) is 0.0732. The molecule has 104 valence electrons. The molecule has 0 spiro atoms. The second kappa shape index (κ2) is 6.53. The lowest BCUT2D eigenvalue weighted by atomic mass is 9.91. The van der Waals surface area contributed by atoms with Crippen molar-refractivity contribution in [3.63, 3.8) is 0 Å². The van der Waals surface area contributed by atoms with Crippen molar-refractivity contribution in [1.82, 2.24) is 4.90 Å². The van der Waals surface area contributed by atoms with Crippen molar-refractivity contribution in [3.05, 3.63) is 34.3 Å². The molecule has 1 N–H and O–H groups in total. The molecule has 1 aliphatic carbocycles. The minimum absolute atomic E-state index is 0.0200. The molecule has 1 fully saturated rings. The molecule has 4 heteroatoms. The highest BCUT2D eigenvalue weighted by Crippen LogP contribution is 2.23. The van der Waals surface area contributed by atoms with E-state index in [-0.39, 0.29) is 18.1 Å². The van der Waals surface area contributed by atoms with Crippen LogP contribution in [0.2, 0.25) is 0 Å².